The molecule has 1 spiro atoms. The van der Waals surface area contributed by atoms with Crippen molar-refractivity contribution in [2.75, 3.05) is 37.6 Å². The predicted molar refractivity (Wildman–Crippen MR) is 95.5 cm³/mol. The molecular weight excluding hydrogens is 268 g/mol. The molecule has 0 unspecified atom stereocenters. The summed E-state index contributed by atoms with van der Waals surface area (Å²) in [6.45, 7) is 10.7. The summed E-state index contributed by atoms with van der Waals surface area (Å²) in [7, 11) is 0. The predicted octanol–water partition coefficient (Wildman–Crippen LogP) is 4.42. The number of rotatable bonds is 3. The summed E-state index contributed by atoms with van der Waals surface area (Å²) in [5.41, 5.74) is 2.11. The average molecular weight is 300 g/mol. The van der Waals surface area contributed by atoms with Crippen molar-refractivity contribution in [1.82, 2.24) is 4.90 Å². The SMILES string of the molecule is CC.c1ccc(N2CC3(CC(CN4CCCCC4)C3)C2)cc1. The Morgan fingerprint density at radius 3 is 2.23 bits per heavy atom. The van der Waals surface area contributed by atoms with Crippen LogP contribution in [0.5, 0.6) is 0 Å². The van der Waals surface area contributed by atoms with Crippen molar-refractivity contribution in [2.24, 2.45) is 11.3 Å². The van der Waals surface area contributed by atoms with E-state index in [1.165, 1.54) is 70.5 Å². The number of hydrogen-bond acceptors (Lipinski definition) is 2. The minimum Gasteiger partial charge on any atom is -0.370 e. The number of benzene rings is 1. The fourth-order valence-corrected chi connectivity index (χ4v) is 4.64. The molecule has 0 aromatic heterocycles. The van der Waals surface area contributed by atoms with E-state index in [0.717, 1.165) is 5.92 Å². The van der Waals surface area contributed by atoms with Crippen LogP contribution < -0.4 is 4.90 Å². The summed E-state index contributed by atoms with van der Waals surface area (Å²) in [4.78, 5) is 5.27. The molecule has 0 radical (unpaired) electrons. The molecule has 2 saturated heterocycles. The quantitative estimate of drug-likeness (QED) is 0.815. The maximum absolute atomic E-state index is 2.72. The second kappa shape index (κ2) is 7.04. The molecule has 4 rings (SSSR count). The van der Waals surface area contributed by atoms with Crippen LogP contribution in [0, 0.1) is 11.3 Å². The van der Waals surface area contributed by atoms with Crippen LogP contribution in [0.3, 0.4) is 0 Å². The number of nitrogens with zero attached hydrogens (tertiary/aromatic N) is 2. The Morgan fingerprint density at radius 1 is 0.955 bits per heavy atom. The highest BCUT2D eigenvalue weighted by molar-refractivity contribution is 5.50. The highest BCUT2D eigenvalue weighted by Crippen LogP contribution is 2.53. The Bertz CT molecular complexity index is 436. The van der Waals surface area contributed by atoms with Crippen LogP contribution >= 0.6 is 0 Å². The Balaban J connectivity index is 0.000000693. The van der Waals surface area contributed by atoms with E-state index in [4.69, 9.17) is 0 Å². The minimum atomic E-state index is 0.691. The number of likely N-dealkylation sites (tertiary alicyclic amines) is 1. The molecule has 0 atom stereocenters. The van der Waals surface area contributed by atoms with Crippen LogP contribution in [0.15, 0.2) is 30.3 Å². The highest BCUT2D eigenvalue weighted by Gasteiger charge is 2.52. The van der Waals surface area contributed by atoms with Crippen molar-refractivity contribution in [3.8, 4) is 0 Å². The first-order chi connectivity index (χ1) is 10.8. The molecule has 0 amide bonds. The van der Waals surface area contributed by atoms with E-state index >= 15 is 0 Å². The van der Waals surface area contributed by atoms with Crippen LogP contribution in [-0.2, 0) is 0 Å². The summed E-state index contributed by atoms with van der Waals surface area (Å²) < 4.78 is 0. The van der Waals surface area contributed by atoms with E-state index in [1.807, 2.05) is 13.8 Å². The van der Waals surface area contributed by atoms with Gasteiger partial charge in [0.05, 0.1) is 0 Å². The molecule has 0 N–H and O–H groups in total. The van der Waals surface area contributed by atoms with Gasteiger partial charge in [-0.05, 0) is 56.8 Å². The average Bonchev–Trinajstić information content (AvgIpc) is 2.52. The van der Waals surface area contributed by atoms with Gasteiger partial charge >= 0.3 is 0 Å². The second-order valence-electron chi connectivity index (χ2n) is 7.33. The standard InChI is InChI=1S/C18H26N2.C2H6/c1-3-7-17(8-4-1)20-14-18(15-20)11-16(12-18)13-19-9-5-2-6-10-19;1-2/h1,3-4,7-8,16H,2,5-6,9-15H2;1-2H3. The van der Waals surface area contributed by atoms with Gasteiger partial charge in [0.25, 0.3) is 0 Å². The first-order valence-electron chi connectivity index (χ1n) is 9.35. The number of anilines is 1. The van der Waals surface area contributed by atoms with E-state index in [0.29, 0.717) is 5.41 Å². The van der Waals surface area contributed by atoms with Crippen molar-refractivity contribution >= 4 is 5.69 Å². The van der Waals surface area contributed by atoms with Gasteiger partial charge in [-0.25, -0.2) is 0 Å². The maximum atomic E-state index is 2.72. The molecule has 2 nitrogen and oxygen atoms in total. The number of piperidine rings is 1. The summed E-state index contributed by atoms with van der Waals surface area (Å²) in [5.74, 6) is 0.992. The molecule has 1 aliphatic carbocycles. The third-order valence-electron chi connectivity index (χ3n) is 5.58. The molecule has 1 aromatic carbocycles. The first kappa shape index (κ1) is 15.9. The molecule has 1 aromatic rings. The van der Waals surface area contributed by atoms with Gasteiger partial charge in [-0.1, -0.05) is 38.5 Å². The zero-order valence-electron chi connectivity index (χ0n) is 14.4. The summed E-state index contributed by atoms with van der Waals surface area (Å²) in [5, 5.41) is 0. The number of para-hydroxylation sites is 1. The molecule has 2 aliphatic heterocycles. The van der Waals surface area contributed by atoms with Gasteiger partial charge in [0, 0.05) is 30.7 Å². The lowest BCUT2D eigenvalue weighted by molar-refractivity contribution is 0.00119. The van der Waals surface area contributed by atoms with E-state index < -0.39 is 0 Å². The molecule has 3 fully saturated rings. The van der Waals surface area contributed by atoms with Crippen LogP contribution in [0.4, 0.5) is 5.69 Å². The van der Waals surface area contributed by atoms with Gasteiger partial charge in [-0.15, -0.1) is 0 Å². The van der Waals surface area contributed by atoms with Crippen molar-refractivity contribution in [2.45, 2.75) is 46.0 Å². The fraction of sp³-hybridized carbons (Fsp3) is 0.700. The van der Waals surface area contributed by atoms with Crippen molar-refractivity contribution in [3.63, 3.8) is 0 Å². The van der Waals surface area contributed by atoms with Crippen LogP contribution in [0.1, 0.15) is 46.0 Å². The smallest absolute Gasteiger partial charge is 0.0366 e. The molecular formula is C20H32N2. The van der Waals surface area contributed by atoms with Crippen molar-refractivity contribution in [1.29, 1.82) is 0 Å². The van der Waals surface area contributed by atoms with Crippen LogP contribution in [-0.4, -0.2) is 37.6 Å². The monoisotopic (exact) mass is 300 g/mol. The lowest BCUT2D eigenvalue weighted by Crippen LogP contribution is -2.63. The minimum absolute atomic E-state index is 0.691. The van der Waals surface area contributed by atoms with Crippen molar-refractivity contribution in [3.05, 3.63) is 30.3 Å². The molecule has 22 heavy (non-hydrogen) atoms. The third-order valence-corrected chi connectivity index (χ3v) is 5.58. The van der Waals surface area contributed by atoms with Gasteiger partial charge in [0.2, 0.25) is 0 Å². The van der Waals surface area contributed by atoms with E-state index in [9.17, 15) is 0 Å². The Hall–Kier alpha value is -1.02. The Kier molecular flexibility index (Phi) is 5.07. The lowest BCUT2D eigenvalue weighted by atomic mass is 9.57. The second-order valence-corrected chi connectivity index (χ2v) is 7.33. The molecule has 0 bridgehead atoms. The maximum Gasteiger partial charge on any atom is 0.0366 e. The Labute approximate surface area is 136 Å². The molecule has 3 aliphatic rings. The summed E-state index contributed by atoms with van der Waals surface area (Å²) in [6, 6.07) is 10.9. The molecule has 2 heterocycles. The zero-order valence-corrected chi connectivity index (χ0v) is 14.4. The van der Waals surface area contributed by atoms with E-state index in [2.05, 4.69) is 40.1 Å². The van der Waals surface area contributed by atoms with Crippen LogP contribution in [0.2, 0.25) is 0 Å². The molecule has 2 heteroatoms. The summed E-state index contributed by atoms with van der Waals surface area (Å²) >= 11 is 0. The molecule has 122 valence electrons. The van der Waals surface area contributed by atoms with Crippen LogP contribution in [0.25, 0.3) is 0 Å². The normalized spacial score (nSPS) is 24.2. The van der Waals surface area contributed by atoms with Gasteiger partial charge < -0.3 is 9.80 Å². The van der Waals surface area contributed by atoms with Gasteiger partial charge in [-0.3, -0.25) is 0 Å². The highest BCUT2D eigenvalue weighted by atomic mass is 15.2. The summed E-state index contributed by atoms with van der Waals surface area (Å²) in [6.07, 6.45) is 7.27. The molecule has 1 saturated carbocycles. The van der Waals surface area contributed by atoms with Gasteiger partial charge in [0.1, 0.15) is 0 Å². The Morgan fingerprint density at radius 2 is 1.59 bits per heavy atom. The van der Waals surface area contributed by atoms with E-state index in [-0.39, 0.29) is 0 Å². The van der Waals surface area contributed by atoms with Crippen molar-refractivity contribution < 1.29 is 0 Å². The van der Waals surface area contributed by atoms with E-state index in [1.54, 1.807) is 0 Å². The largest absolute Gasteiger partial charge is 0.370 e. The van der Waals surface area contributed by atoms with Gasteiger partial charge in [0.15, 0.2) is 0 Å². The first-order valence-corrected chi connectivity index (χ1v) is 9.35. The van der Waals surface area contributed by atoms with Gasteiger partial charge in [-0.2, -0.15) is 0 Å². The fourth-order valence-electron chi connectivity index (χ4n) is 4.64. The third kappa shape index (κ3) is 3.32. The lowest BCUT2D eigenvalue weighted by Gasteiger charge is -2.60. The topological polar surface area (TPSA) is 6.48 Å². The number of hydrogen-bond donors (Lipinski definition) is 0. The zero-order chi connectivity index (χ0) is 15.4.